The first-order chi connectivity index (χ1) is 12.4. The van der Waals surface area contributed by atoms with Gasteiger partial charge in [-0.25, -0.2) is 8.42 Å². The van der Waals surface area contributed by atoms with Crippen LogP contribution in [0, 0.1) is 11.8 Å². The lowest BCUT2D eigenvalue weighted by Gasteiger charge is -2.31. The highest BCUT2D eigenvalue weighted by atomic mass is 32.2. The predicted octanol–water partition coefficient (Wildman–Crippen LogP) is 4.53. The molecular formula is C22H29NO2S. The summed E-state index contributed by atoms with van der Waals surface area (Å²) in [6.07, 6.45) is 3.88. The van der Waals surface area contributed by atoms with Crippen molar-refractivity contribution in [2.24, 2.45) is 11.8 Å². The number of piperidine rings is 1. The summed E-state index contributed by atoms with van der Waals surface area (Å²) in [6.45, 7) is 5.58. The highest BCUT2D eigenvalue weighted by Crippen LogP contribution is 2.26. The molecule has 1 saturated heterocycles. The highest BCUT2D eigenvalue weighted by molar-refractivity contribution is 7.89. The van der Waals surface area contributed by atoms with Gasteiger partial charge >= 0.3 is 0 Å². The Morgan fingerprint density at radius 1 is 0.923 bits per heavy atom. The first-order valence-corrected chi connectivity index (χ1v) is 11.0. The van der Waals surface area contributed by atoms with Crippen molar-refractivity contribution >= 4 is 10.0 Å². The van der Waals surface area contributed by atoms with E-state index in [0.29, 0.717) is 29.8 Å². The number of benzene rings is 2. The molecule has 0 atom stereocenters. The van der Waals surface area contributed by atoms with Crippen molar-refractivity contribution in [1.29, 1.82) is 0 Å². The molecule has 0 amide bonds. The number of nitrogens with zero attached hydrogens (tertiary/aromatic N) is 1. The van der Waals surface area contributed by atoms with Gasteiger partial charge in [-0.2, -0.15) is 4.31 Å². The minimum Gasteiger partial charge on any atom is -0.207 e. The third kappa shape index (κ3) is 4.74. The second-order valence-corrected chi connectivity index (χ2v) is 9.72. The Morgan fingerprint density at radius 2 is 1.54 bits per heavy atom. The maximum Gasteiger partial charge on any atom is 0.243 e. The third-order valence-corrected chi connectivity index (χ3v) is 7.06. The Balaban J connectivity index is 1.60. The van der Waals surface area contributed by atoms with E-state index in [4.69, 9.17) is 0 Å². The first kappa shape index (κ1) is 19.1. The Bertz CT molecular complexity index is 790. The molecule has 4 heteroatoms. The Hall–Kier alpha value is -1.65. The molecule has 3 nitrogen and oxygen atoms in total. The quantitative estimate of drug-likeness (QED) is 0.748. The van der Waals surface area contributed by atoms with Gasteiger partial charge in [0.25, 0.3) is 0 Å². The molecule has 2 aromatic rings. The van der Waals surface area contributed by atoms with Crippen molar-refractivity contribution in [3.05, 3.63) is 65.7 Å². The maximum atomic E-state index is 12.9. The summed E-state index contributed by atoms with van der Waals surface area (Å²) in [5.74, 6) is 1.14. The summed E-state index contributed by atoms with van der Waals surface area (Å²) in [5.41, 5.74) is 2.54. The summed E-state index contributed by atoms with van der Waals surface area (Å²) >= 11 is 0. The fourth-order valence-corrected chi connectivity index (χ4v) is 5.19. The van der Waals surface area contributed by atoms with Gasteiger partial charge in [0.2, 0.25) is 10.0 Å². The van der Waals surface area contributed by atoms with Crippen molar-refractivity contribution in [2.45, 2.75) is 44.4 Å². The fraction of sp³-hybridized carbons (Fsp3) is 0.455. The molecule has 1 fully saturated rings. The minimum atomic E-state index is -3.37. The summed E-state index contributed by atoms with van der Waals surface area (Å²) in [4.78, 5) is 0.423. The zero-order valence-electron chi connectivity index (χ0n) is 15.8. The SMILES string of the molecule is CC(C)Cc1ccc(S(=O)(=O)N2CCC(Cc3ccccc3)CC2)cc1. The summed E-state index contributed by atoms with van der Waals surface area (Å²) in [5, 5.41) is 0. The average molecular weight is 372 g/mol. The van der Waals surface area contributed by atoms with Crippen molar-refractivity contribution in [1.82, 2.24) is 4.31 Å². The second-order valence-electron chi connectivity index (χ2n) is 7.78. The largest absolute Gasteiger partial charge is 0.243 e. The van der Waals surface area contributed by atoms with Crippen LogP contribution in [0.1, 0.15) is 37.8 Å². The zero-order chi connectivity index (χ0) is 18.6. The Morgan fingerprint density at radius 3 is 2.12 bits per heavy atom. The van der Waals surface area contributed by atoms with Gasteiger partial charge in [0, 0.05) is 13.1 Å². The molecule has 0 unspecified atom stereocenters. The lowest BCUT2D eigenvalue weighted by Crippen LogP contribution is -2.38. The van der Waals surface area contributed by atoms with Crippen LogP contribution in [0.25, 0.3) is 0 Å². The molecule has 1 aliphatic heterocycles. The van der Waals surface area contributed by atoms with Crippen molar-refractivity contribution in [3.8, 4) is 0 Å². The van der Waals surface area contributed by atoms with Crippen molar-refractivity contribution in [3.63, 3.8) is 0 Å². The smallest absolute Gasteiger partial charge is 0.207 e. The van der Waals surface area contributed by atoms with E-state index in [-0.39, 0.29) is 0 Å². The van der Waals surface area contributed by atoms with Gasteiger partial charge in [-0.05, 0) is 60.8 Å². The molecule has 0 spiro atoms. The van der Waals surface area contributed by atoms with Crippen LogP contribution in [0.5, 0.6) is 0 Å². The average Bonchev–Trinajstić information content (AvgIpc) is 2.63. The summed E-state index contributed by atoms with van der Waals surface area (Å²) < 4.78 is 27.5. The molecule has 26 heavy (non-hydrogen) atoms. The highest BCUT2D eigenvalue weighted by Gasteiger charge is 2.29. The lowest BCUT2D eigenvalue weighted by atomic mass is 9.91. The molecule has 2 aromatic carbocycles. The predicted molar refractivity (Wildman–Crippen MR) is 107 cm³/mol. The second kappa shape index (κ2) is 8.36. The molecular weight excluding hydrogens is 342 g/mol. The summed E-state index contributed by atoms with van der Waals surface area (Å²) in [6, 6.07) is 17.9. The topological polar surface area (TPSA) is 37.4 Å². The summed E-state index contributed by atoms with van der Waals surface area (Å²) in [7, 11) is -3.37. The van der Waals surface area contributed by atoms with Crippen LogP contribution >= 0.6 is 0 Å². The number of sulfonamides is 1. The lowest BCUT2D eigenvalue weighted by molar-refractivity contribution is 0.273. The van der Waals surface area contributed by atoms with Gasteiger partial charge in [-0.3, -0.25) is 0 Å². The number of rotatable bonds is 6. The van der Waals surface area contributed by atoms with Crippen molar-refractivity contribution < 1.29 is 8.42 Å². The van der Waals surface area contributed by atoms with Gasteiger partial charge < -0.3 is 0 Å². The molecule has 0 aromatic heterocycles. The van der Waals surface area contributed by atoms with Crippen LogP contribution in [0.3, 0.4) is 0 Å². The fourth-order valence-electron chi connectivity index (χ4n) is 3.72. The van der Waals surface area contributed by atoms with Gasteiger partial charge in [0.05, 0.1) is 4.90 Å². The maximum absolute atomic E-state index is 12.9. The molecule has 3 rings (SSSR count). The normalized spacial score (nSPS) is 16.9. The van der Waals surface area contributed by atoms with Crippen LogP contribution in [-0.2, 0) is 22.9 Å². The van der Waals surface area contributed by atoms with Crippen LogP contribution in [-0.4, -0.2) is 25.8 Å². The molecule has 140 valence electrons. The van der Waals surface area contributed by atoms with Crippen LogP contribution in [0.15, 0.2) is 59.5 Å². The molecule has 0 aliphatic carbocycles. The van der Waals surface area contributed by atoms with Gasteiger partial charge in [-0.1, -0.05) is 56.3 Å². The number of hydrogen-bond donors (Lipinski definition) is 0. The standard InChI is InChI=1S/C22H29NO2S/c1-18(2)16-20-8-10-22(11-9-20)26(24,25)23-14-12-21(13-15-23)17-19-6-4-3-5-7-19/h3-11,18,21H,12-17H2,1-2H3. The van der Waals surface area contributed by atoms with E-state index in [2.05, 4.69) is 38.1 Å². The van der Waals surface area contributed by atoms with Crippen molar-refractivity contribution in [2.75, 3.05) is 13.1 Å². The Kier molecular flexibility index (Phi) is 6.15. The molecule has 0 radical (unpaired) electrons. The van der Waals surface area contributed by atoms with Crippen LogP contribution in [0.4, 0.5) is 0 Å². The molecule has 0 saturated carbocycles. The van der Waals surface area contributed by atoms with Gasteiger partial charge in [0.1, 0.15) is 0 Å². The van der Waals surface area contributed by atoms with E-state index < -0.39 is 10.0 Å². The van der Waals surface area contributed by atoms with E-state index in [0.717, 1.165) is 25.7 Å². The number of hydrogen-bond acceptors (Lipinski definition) is 2. The van der Waals surface area contributed by atoms with E-state index >= 15 is 0 Å². The van der Waals surface area contributed by atoms with E-state index in [9.17, 15) is 8.42 Å². The monoisotopic (exact) mass is 371 g/mol. The third-order valence-electron chi connectivity index (χ3n) is 5.15. The molecule has 0 N–H and O–H groups in total. The van der Waals surface area contributed by atoms with E-state index in [1.165, 1.54) is 11.1 Å². The van der Waals surface area contributed by atoms with Gasteiger partial charge in [0.15, 0.2) is 0 Å². The van der Waals surface area contributed by atoms with Crippen LogP contribution in [0.2, 0.25) is 0 Å². The van der Waals surface area contributed by atoms with E-state index in [1.54, 1.807) is 16.4 Å². The first-order valence-electron chi connectivity index (χ1n) is 9.58. The molecule has 0 bridgehead atoms. The minimum absolute atomic E-state index is 0.423. The molecule has 1 aliphatic rings. The Labute approximate surface area is 158 Å². The molecule has 1 heterocycles. The van der Waals surface area contributed by atoms with E-state index in [1.807, 2.05) is 18.2 Å². The van der Waals surface area contributed by atoms with Crippen LogP contribution < -0.4 is 0 Å². The van der Waals surface area contributed by atoms with Gasteiger partial charge in [-0.15, -0.1) is 0 Å². The zero-order valence-corrected chi connectivity index (χ0v) is 16.6.